The highest BCUT2D eigenvalue weighted by molar-refractivity contribution is 6.32. The average molecular weight is 429 g/mol. The number of aryl methyl sites for hydroxylation is 1. The fraction of sp³-hybridized carbons (Fsp3) is 0.583. The van der Waals surface area contributed by atoms with Gasteiger partial charge in [0.1, 0.15) is 11.9 Å². The molecule has 0 radical (unpaired) electrons. The van der Waals surface area contributed by atoms with Crippen molar-refractivity contribution in [2.45, 2.75) is 70.4 Å². The van der Waals surface area contributed by atoms with E-state index in [-0.39, 0.29) is 6.10 Å². The molecule has 1 saturated carbocycles. The van der Waals surface area contributed by atoms with Crippen molar-refractivity contribution in [3.8, 4) is 5.75 Å². The van der Waals surface area contributed by atoms with Crippen molar-refractivity contribution in [2.75, 3.05) is 29.9 Å². The molecule has 2 fully saturated rings. The minimum atomic E-state index is 0.176. The number of ether oxygens (including phenoxy) is 1. The summed E-state index contributed by atoms with van der Waals surface area (Å²) in [5.74, 6) is 1.61. The van der Waals surface area contributed by atoms with Crippen molar-refractivity contribution in [1.29, 1.82) is 0 Å². The van der Waals surface area contributed by atoms with E-state index in [1.165, 1.54) is 43.4 Å². The third-order valence-electron chi connectivity index (χ3n) is 6.56. The molecule has 0 spiro atoms. The van der Waals surface area contributed by atoms with Gasteiger partial charge in [-0.1, -0.05) is 37.8 Å². The number of nitrogens with zero attached hydrogens (tertiary/aromatic N) is 4. The Hall–Kier alpha value is -2.01. The molecule has 0 amide bonds. The van der Waals surface area contributed by atoms with Gasteiger partial charge in [0.05, 0.1) is 5.02 Å². The van der Waals surface area contributed by atoms with Crippen molar-refractivity contribution < 1.29 is 4.74 Å². The van der Waals surface area contributed by atoms with Gasteiger partial charge in [-0.2, -0.15) is 0 Å². The number of hydrogen-bond donors (Lipinski definition) is 0. The number of benzene rings is 1. The van der Waals surface area contributed by atoms with Crippen LogP contribution in [0.15, 0.2) is 30.6 Å². The standard InChI is InChI=1S/C24H33ClN4O/c1-3-18-16-26-24(27-17-18)29-13-11-21(12-14-29)30-23-10-9-20(15-22(23)25)28(2)19-7-5-4-6-8-19/h9-10,15-17,19,21H,3-8,11-14H2,1-2H3. The largest absolute Gasteiger partial charge is 0.489 e. The second-order valence-corrected chi connectivity index (χ2v) is 8.97. The second-order valence-electron chi connectivity index (χ2n) is 8.57. The van der Waals surface area contributed by atoms with Crippen LogP contribution in [0.1, 0.15) is 57.4 Å². The van der Waals surface area contributed by atoms with Crippen LogP contribution in [0.2, 0.25) is 5.02 Å². The molecule has 1 aromatic carbocycles. The number of halogens is 1. The molecule has 0 atom stereocenters. The van der Waals surface area contributed by atoms with Crippen LogP contribution in [0.5, 0.6) is 5.75 Å². The lowest BCUT2D eigenvalue weighted by molar-refractivity contribution is 0.170. The zero-order valence-electron chi connectivity index (χ0n) is 18.2. The van der Waals surface area contributed by atoms with Gasteiger partial charge in [0, 0.05) is 57.1 Å². The third kappa shape index (κ3) is 5.00. The summed E-state index contributed by atoms with van der Waals surface area (Å²) in [5, 5.41) is 0.705. The molecule has 0 N–H and O–H groups in total. The molecule has 162 valence electrons. The van der Waals surface area contributed by atoms with Crippen molar-refractivity contribution in [2.24, 2.45) is 0 Å². The highest BCUT2D eigenvalue weighted by Gasteiger charge is 2.24. The Morgan fingerprint density at radius 2 is 1.77 bits per heavy atom. The molecule has 0 bridgehead atoms. The maximum atomic E-state index is 6.60. The van der Waals surface area contributed by atoms with Gasteiger partial charge in [0.15, 0.2) is 0 Å². The maximum absolute atomic E-state index is 6.60. The predicted octanol–water partition coefficient (Wildman–Crippen LogP) is 5.51. The molecule has 0 unspecified atom stereocenters. The smallest absolute Gasteiger partial charge is 0.225 e. The first-order valence-electron chi connectivity index (χ1n) is 11.4. The average Bonchev–Trinajstić information content (AvgIpc) is 2.81. The second kappa shape index (κ2) is 9.86. The zero-order valence-corrected chi connectivity index (χ0v) is 18.9. The maximum Gasteiger partial charge on any atom is 0.225 e. The third-order valence-corrected chi connectivity index (χ3v) is 6.86. The Morgan fingerprint density at radius 1 is 1.07 bits per heavy atom. The lowest BCUT2D eigenvalue weighted by Gasteiger charge is -2.34. The van der Waals surface area contributed by atoms with Gasteiger partial charge in [-0.3, -0.25) is 0 Å². The van der Waals surface area contributed by atoms with Crippen molar-refractivity contribution >= 4 is 23.2 Å². The Balaban J connectivity index is 1.32. The van der Waals surface area contributed by atoms with Gasteiger partial charge in [-0.05, 0) is 43.0 Å². The molecule has 1 saturated heterocycles. The van der Waals surface area contributed by atoms with Crippen LogP contribution in [-0.2, 0) is 6.42 Å². The van der Waals surface area contributed by atoms with E-state index in [2.05, 4.69) is 45.9 Å². The molecule has 30 heavy (non-hydrogen) atoms. The SMILES string of the molecule is CCc1cnc(N2CCC(Oc3ccc(N(C)C4CCCCC4)cc3Cl)CC2)nc1. The summed E-state index contributed by atoms with van der Waals surface area (Å²) in [6, 6.07) is 6.87. The van der Waals surface area contributed by atoms with E-state index < -0.39 is 0 Å². The van der Waals surface area contributed by atoms with E-state index in [1.54, 1.807) is 0 Å². The Bertz CT molecular complexity index is 814. The molecule has 1 aliphatic carbocycles. The fourth-order valence-corrected chi connectivity index (χ4v) is 4.75. The fourth-order valence-electron chi connectivity index (χ4n) is 4.53. The summed E-state index contributed by atoms with van der Waals surface area (Å²) >= 11 is 6.60. The molecule has 1 aliphatic heterocycles. The van der Waals surface area contributed by atoms with Crippen LogP contribution in [0, 0.1) is 0 Å². The van der Waals surface area contributed by atoms with E-state index in [0.29, 0.717) is 11.1 Å². The molecule has 2 aliphatic rings. The summed E-state index contributed by atoms with van der Waals surface area (Å²) in [5.41, 5.74) is 2.35. The van der Waals surface area contributed by atoms with E-state index >= 15 is 0 Å². The number of rotatable bonds is 6. The van der Waals surface area contributed by atoms with E-state index in [1.807, 2.05) is 18.5 Å². The Morgan fingerprint density at radius 3 is 2.40 bits per heavy atom. The highest BCUT2D eigenvalue weighted by Crippen LogP contribution is 2.33. The molecule has 4 rings (SSSR count). The van der Waals surface area contributed by atoms with Gasteiger partial charge < -0.3 is 14.5 Å². The molecule has 2 heterocycles. The summed E-state index contributed by atoms with van der Waals surface area (Å²) in [6.07, 6.45) is 13.5. The molecular weight excluding hydrogens is 396 g/mol. The Kier molecular flexibility index (Phi) is 6.98. The Labute approximate surface area is 185 Å². The van der Waals surface area contributed by atoms with Gasteiger partial charge >= 0.3 is 0 Å². The highest BCUT2D eigenvalue weighted by atomic mass is 35.5. The van der Waals surface area contributed by atoms with Crippen LogP contribution < -0.4 is 14.5 Å². The minimum absolute atomic E-state index is 0.176. The van der Waals surface area contributed by atoms with Crippen LogP contribution in [0.25, 0.3) is 0 Å². The van der Waals surface area contributed by atoms with Crippen LogP contribution in [0.4, 0.5) is 11.6 Å². The first-order valence-corrected chi connectivity index (χ1v) is 11.8. The van der Waals surface area contributed by atoms with Gasteiger partial charge in [0.2, 0.25) is 5.95 Å². The first kappa shape index (κ1) is 21.2. The molecule has 2 aromatic rings. The number of anilines is 2. The summed E-state index contributed by atoms with van der Waals surface area (Å²) in [7, 11) is 2.19. The van der Waals surface area contributed by atoms with E-state index in [4.69, 9.17) is 16.3 Å². The zero-order chi connectivity index (χ0) is 20.9. The molecular formula is C24H33ClN4O. The van der Waals surface area contributed by atoms with Gasteiger partial charge in [0.25, 0.3) is 0 Å². The summed E-state index contributed by atoms with van der Waals surface area (Å²) < 4.78 is 6.27. The van der Waals surface area contributed by atoms with Crippen molar-refractivity contribution in [3.05, 3.63) is 41.2 Å². The molecule has 5 nitrogen and oxygen atoms in total. The van der Waals surface area contributed by atoms with E-state index in [9.17, 15) is 0 Å². The monoisotopic (exact) mass is 428 g/mol. The molecule has 1 aromatic heterocycles. The predicted molar refractivity (Wildman–Crippen MR) is 124 cm³/mol. The van der Waals surface area contributed by atoms with Crippen LogP contribution in [0.3, 0.4) is 0 Å². The normalized spacial score (nSPS) is 18.4. The van der Waals surface area contributed by atoms with E-state index in [0.717, 1.165) is 44.0 Å². The number of piperidine rings is 1. The summed E-state index contributed by atoms with van der Waals surface area (Å²) in [6.45, 7) is 3.92. The minimum Gasteiger partial charge on any atom is -0.489 e. The lowest BCUT2D eigenvalue weighted by Crippen LogP contribution is -2.39. The summed E-state index contributed by atoms with van der Waals surface area (Å²) in [4.78, 5) is 13.6. The topological polar surface area (TPSA) is 41.5 Å². The molecule has 6 heteroatoms. The quantitative estimate of drug-likeness (QED) is 0.606. The first-order chi connectivity index (χ1) is 14.6. The van der Waals surface area contributed by atoms with Gasteiger partial charge in [-0.25, -0.2) is 9.97 Å². The number of hydrogen-bond acceptors (Lipinski definition) is 5. The van der Waals surface area contributed by atoms with Crippen molar-refractivity contribution in [3.63, 3.8) is 0 Å². The van der Waals surface area contributed by atoms with Crippen LogP contribution in [-0.4, -0.2) is 42.3 Å². The van der Waals surface area contributed by atoms with Crippen molar-refractivity contribution in [1.82, 2.24) is 9.97 Å². The lowest BCUT2D eigenvalue weighted by atomic mass is 9.94. The number of aromatic nitrogens is 2. The van der Waals surface area contributed by atoms with Crippen LogP contribution >= 0.6 is 11.6 Å². The van der Waals surface area contributed by atoms with Gasteiger partial charge in [-0.15, -0.1) is 0 Å².